The van der Waals surface area contributed by atoms with Crippen LogP contribution >= 0.6 is 11.7 Å². The third-order valence-corrected chi connectivity index (χ3v) is 7.39. The summed E-state index contributed by atoms with van der Waals surface area (Å²) in [6, 6.07) is 15.3. The molecule has 0 amide bonds. The van der Waals surface area contributed by atoms with Gasteiger partial charge in [0, 0.05) is 23.0 Å². The summed E-state index contributed by atoms with van der Waals surface area (Å²) in [7, 11) is 0. The molecular weight excluding hydrogens is 484 g/mol. The molecule has 4 heterocycles. The summed E-state index contributed by atoms with van der Waals surface area (Å²) >= 11 is 1.12. The average Bonchev–Trinajstić information content (AvgIpc) is 3.69. The topological polar surface area (TPSA) is 94.9 Å². The highest BCUT2D eigenvalue weighted by Crippen LogP contribution is 2.45. The van der Waals surface area contributed by atoms with Gasteiger partial charge in [-0.1, -0.05) is 52.0 Å². The van der Waals surface area contributed by atoms with E-state index in [0.717, 1.165) is 34.4 Å². The van der Waals surface area contributed by atoms with Crippen molar-refractivity contribution < 1.29 is 13.6 Å². The van der Waals surface area contributed by atoms with E-state index in [1.54, 1.807) is 0 Å². The monoisotopic (exact) mass is 506 g/mol. The van der Waals surface area contributed by atoms with Crippen LogP contribution in [0.5, 0.6) is 0 Å². The quantitative estimate of drug-likeness (QED) is 0.242. The molecule has 6 aromatic rings. The lowest BCUT2D eigenvalue weighted by Gasteiger charge is -2.11. The zero-order valence-electron chi connectivity index (χ0n) is 20.7. The lowest BCUT2D eigenvalue weighted by Crippen LogP contribution is -2.02. The van der Waals surface area contributed by atoms with E-state index >= 15 is 0 Å². The van der Waals surface area contributed by atoms with Crippen molar-refractivity contribution in [2.75, 3.05) is 0 Å². The fourth-order valence-electron chi connectivity index (χ4n) is 4.95. The predicted octanol–water partition coefficient (Wildman–Crippen LogP) is 7.61. The Morgan fingerprint density at radius 2 is 1.16 bits per heavy atom. The van der Waals surface area contributed by atoms with E-state index < -0.39 is 0 Å². The van der Waals surface area contributed by atoms with Gasteiger partial charge in [-0.3, -0.25) is 4.79 Å². The SMILES string of the molecule is CC(C)c1ccc(-c2c3nsnc3c(-c3ccc(C(C)C)o3)c3nc4c(nc23)C(=O)c2ccccc2-4)o1. The molecule has 0 spiro atoms. The molecule has 1 aliphatic rings. The smallest absolute Gasteiger partial charge is 0.214 e. The fourth-order valence-corrected chi connectivity index (χ4v) is 5.51. The third-order valence-electron chi connectivity index (χ3n) is 6.86. The van der Waals surface area contributed by atoms with E-state index in [4.69, 9.17) is 18.8 Å². The van der Waals surface area contributed by atoms with E-state index in [-0.39, 0.29) is 17.6 Å². The maximum Gasteiger partial charge on any atom is 0.214 e. The van der Waals surface area contributed by atoms with Crippen LogP contribution in [0.1, 0.15) is 67.1 Å². The van der Waals surface area contributed by atoms with Crippen LogP contribution in [0, 0.1) is 0 Å². The van der Waals surface area contributed by atoms with Crippen molar-refractivity contribution in [3.63, 3.8) is 0 Å². The summed E-state index contributed by atoms with van der Waals surface area (Å²) in [6.45, 7) is 8.33. The van der Waals surface area contributed by atoms with Gasteiger partial charge in [0.2, 0.25) is 5.78 Å². The summed E-state index contributed by atoms with van der Waals surface area (Å²) in [5, 5.41) is 0. The summed E-state index contributed by atoms with van der Waals surface area (Å²) < 4.78 is 21.9. The van der Waals surface area contributed by atoms with Crippen molar-refractivity contribution in [3.05, 3.63) is 71.3 Å². The van der Waals surface area contributed by atoms with Crippen LogP contribution in [-0.2, 0) is 0 Å². The van der Waals surface area contributed by atoms with Crippen molar-refractivity contribution in [2.45, 2.75) is 39.5 Å². The van der Waals surface area contributed by atoms with Crippen LogP contribution in [0.2, 0.25) is 0 Å². The Bertz CT molecular complexity index is 1880. The number of carbonyl (C=O) groups excluding carboxylic acids is 1. The minimum Gasteiger partial charge on any atom is -0.461 e. The van der Waals surface area contributed by atoms with Crippen LogP contribution in [-0.4, -0.2) is 24.5 Å². The van der Waals surface area contributed by atoms with Gasteiger partial charge in [0.15, 0.2) is 0 Å². The van der Waals surface area contributed by atoms with Crippen molar-refractivity contribution in [3.8, 4) is 33.9 Å². The van der Waals surface area contributed by atoms with E-state index in [9.17, 15) is 4.79 Å². The second-order valence-corrected chi connectivity index (χ2v) is 10.4. The molecule has 8 heteroatoms. The van der Waals surface area contributed by atoms with Crippen molar-refractivity contribution in [1.29, 1.82) is 0 Å². The van der Waals surface area contributed by atoms with Crippen molar-refractivity contribution in [2.24, 2.45) is 0 Å². The summed E-state index contributed by atoms with van der Waals surface area (Å²) in [5.74, 6) is 3.30. The highest BCUT2D eigenvalue weighted by atomic mass is 32.1. The Balaban J connectivity index is 1.63. The van der Waals surface area contributed by atoms with E-state index in [2.05, 4.69) is 36.4 Å². The van der Waals surface area contributed by atoms with Gasteiger partial charge in [-0.25, -0.2) is 9.97 Å². The first-order chi connectivity index (χ1) is 17.9. The largest absolute Gasteiger partial charge is 0.461 e. The van der Waals surface area contributed by atoms with E-state index in [1.807, 2.05) is 48.5 Å². The molecule has 0 unspecified atom stereocenters. The van der Waals surface area contributed by atoms with Gasteiger partial charge < -0.3 is 8.83 Å². The van der Waals surface area contributed by atoms with Crippen LogP contribution < -0.4 is 0 Å². The standard InChI is InChI=1S/C29H22N4O3S/c1-13(2)17-9-11-19(35-17)21-24-25(31-28-23(30-24)15-7-5-6-8-16(15)29(28)34)22(27-26(21)32-37-33-27)20-12-10-18(36-20)14(3)4/h5-14H,1-4H3. The van der Waals surface area contributed by atoms with Crippen LogP contribution in [0.4, 0.5) is 0 Å². The first kappa shape index (κ1) is 22.1. The van der Waals surface area contributed by atoms with Crippen LogP contribution in [0.15, 0.2) is 57.4 Å². The molecular formula is C29H22N4O3S. The molecule has 0 bridgehead atoms. The molecule has 0 atom stereocenters. The molecule has 7 rings (SSSR count). The number of aromatic nitrogens is 4. The molecule has 0 aliphatic heterocycles. The molecule has 2 aromatic carbocycles. The number of furan rings is 2. The lowest BCUT2D eigenvalue weighted by molar-refractivity contribution is 0.103. The Labute approximate surface area is 216 Å². The molecule has 4 aromatic heterocycles. The van der Waals surface area contributed by atoms with Crippen LogP contribution in [0.3, 0.4) is 0 Å². The normalized spacial score (nSPS) is 12.9. The lowest BCUT2D eigenvalue weighted by atomic mass is 10.0. The second-order valence-electron chi connectivity index (χ2n) is 9.92. The minimum atomic E-state index is -0.133. The first-order valence-electron chi connectivity index (χ1n) is 12.3. The van der Waals surface area contributed by atoms with Crippen molar-refractivity contribution in [1.82, 2.24) is 18.7 Å². The van der Waals surface area contributed by atoms with Gasteiger partial charge in [0.1, 0.15) is 56.5 Å². The molecule has 0 saturated carbocycles. The van der Waals surface area contributed by atoms with Gasteiger partial charge in [-0.2, -0.15) is 8.75 Å². The zero-order valence-corrected chi connectivity index (χ0v) is 21.5. The summed E-state index contributed by atoms with van der Waals surface area (Å²) in [4.78, 5) is 23.4. The number of rotatable bonds is 4. The van der Waals surface area contributed by atoms with Gasteiger partial charge in [0.25, 0.3) is 0 Å². The molecule has 1 aliphatic carbocycles. The number of benzene rings is 2. The Kier molecular flexibility index (Phi) is 4.72. The maximum absolute atomic E-state index is 13.3. The number of hydrogen-bond acceptors (Lipinski definition) is 8. The predicted molar refractivity (Wildman–Crippen MR) is 143 cm³/mol. The average molecular weight is 507 g/mol. The number of ketones is 1. The van der Waals surface area contributed by atoms with E-state index in [0.29, 0.717) is 56.1 Å². The van der Waals surface area contributed by atoms with Crippen molar-refractivity contribution >= 4 is 39.6 Å². The van der Waals surface area contributed by atoms with Gasteiger partial charge >= 0.3 is 0 Å². The molecule has 7 nitrogen and oxygen atoms in total. The summed E-state index contributed by atoms with van der Waals surface area (Å²) in [5.41, 5.74) is 6.16. The maximum atomic E-state index is 13.3. The fraction of sp³-hybridized carbons (Fsp3) is 0.207. The number of nitrogens with zero attached hydrogens (tertiary/aromatic N) is 4. The van der Waals surface area contributed by atoms with E-state index in [1.165, 1.54) is 0 Å². The Morgan fingerprint density at radius 1 is 0.649 bits per heavy atom. The number of carbonyl (C=O) groups is 1. The minimum absolute atomic E-state index is 0.133. The molecule has 0 saturated heterocycles. The Hall–Kier alpha value is -4.17. The first-order valence-corrected chi connectivity index (χ1v) is 13.0. The highest BCUT2D eigenvalue weighted by Gasteiger charge is 2.33. The molecule has 0 radical (unpaired) electrons. The van der Waals surface area contributed by atoms with Gasteiger partial charge in [0.05, 0.1) is 22.9 Å². The zero-order chi connectivity index (χ0) is 25.4. The summed E-state index contributed by atoms with van der Waals surface area (Å²) in [6.07, 6.45) is 0. The second kappa shape index (κ2) is 7.91. The molecule has 37 heavy (non-hydrogen) atoms. The third kappa shape index (κ3) is 3.15. The molecule has 0 fully saturated rings. The van der Waals surface area contributed by atoms with Gasteiger partial charge in [-0.05, 0) is 24.3 Å². The van der Waals surface area contributed by atoms with Gasteiger partial charge in [-0.15, -0.1) is 0 Å². The highest BCUT2D eigenvalue weighted by molar-refractivity contribution is 7.00. The number of hydrogen-bond donors (Lipinski definition) is 0. The van der Waals surface area contributed by atoms with Crippen LogP contribution in [0.25, 0.3) is 56.0 Å². The molecule has 0 N–H and O–H groups in total. The molecule has 182 valence electrons. The number of fused-ring (bicyclic) bond motifs is 5. The Morgan fingerprint density at radius 3 is 1.68 bits per heavy atom.